The minimum atomic E-state index is -5.08. The molecule has 4 aromatic rings. The van der Waals surface area contributed by atoms with Crippen molar-refractivity contribution in [1.29, 1.82) is 0 Å². The number of aliphatic carboxylic acids is 1. The summed E-state index contributed by atoms with van der Waals surface area (Å²) in [4.78, 5) is 13.7. The van der Waals surface area contributed by atoms with Gasteiger partial charge in [0, 0.05) is 27.4 Å². The Balaban J connectivity index is 0.000000383. The molecule has 11 heteroatoms. The van der Waals surface area contributed by atoms with Gasteiger partial charge < -0.3 is 19.7 Å². The number of carboxylic acid groups (broad SMARTS) is 1. The first kappa shape index (κ1) is 23.6. The molecule has 0 saturated heterocycles. The zero-order valence-corrected chi connectivity index (χ0v) is 18.0. The Morgan fingerprint density at radius 1 is 1.03 bits per heavy atom. The van der Waals surface area contributed by atoms with Crippen molar-refractivity contribution in [2.75, 3.05) is 14.2 Å². The van der Waals surface area contributed by atoms with E-state index in [2.05, 4.69) is 10.2 Å². The maximum Gasteiger partial charge on any atom is 0.490 e. The molecular formula is C22H20F3N3O5. The number of pyridine rings is 1. The van der Waals surface area contributed by atoms with Gasteiger partial charge in [0.05, 0.1) is 19.9 Å². The van der Waals surface area contributed by atoms with Crippen LogP contribution in [0, 0.1) is 13.8 Å². The Kier molecular flexibility index (Phi) is 6.34. The average Bonchev–Trinajstić information content (AvgIpc) is 3.14. The Labute approximate surface area is 185 Å². The highest BCUT2D eigenvalue weighted by molar-refractivity contribution is 6.12. The first-order valence-electron chi connectivity index (χ1n) is 9.48. The van der Waals surface area contributed by atoms with E-state index in [1.54, 1.807) is 20.3 Å². The van der Waals surface area contributed by atoms with Crippen molar-refractivity contribution in [3.8, 4) is 28.5 Å². The van der Waals surface area contributed by atoms with Crippen molar-refractivity contribution < 1.29 is 37.7 Å². The number of fused-ring (bicyclic) bond motifs is 3. The number of methoxy groups -OCH3 is 2. The fourth-order valence-corrected chi connectivity index (χ4v) is 3.29. The molecule has 0 radical (unpaired) electrons. The van der Waals surface area contributed by atoms with Crippen LogP contribution in [0.5, 0.6) is 17.2 Å². The number of phenols is 1. The van der Waals surface area contributed by atoms with E-state index in [9.17, 15) is 18.3 Å². The summed E-state index contributed by atoms with van der Waals surface area (Å²) in [6.45, 7) is 3.83. The summed E-state index contributed by atoms with van der Waals surface area (Å²) < 4.78 is 42.7. The van der Waals surface area contributed by atoms with E-state index in [1.165, 1.54) is 0 Å². The highest BCUT2D eigenvalue weighted by Crippen LogP contribution is 2.40. The van der Waals surface area contributed by atoms with Crippen LogP contribution in [-0.2, 0) is 4.79 Å². The molecule has 0 saturated carbocycles. The molecule has 8 nitrogen and oxygen atoms in total. The molecule has 2 heterocycles. The third kappa shape index (κ3) is 4.61. The standard InChI is InChI=1S/C20H19N3O3.C2HF3O2/c1-10-7-12(5-6-15(10)24)19-14-9-17(26-4)16(25-3)8-13(14)18-11(2)22-23-20(18)21-19;3-2(4,5)1(6)7/h5-9,24H,1-4H3,(H,21,22,23);(H,6,7). The van der Waals surface area contributed by atoms with E-state index >= 15 is 0 Å². The Bertz CT molecular complexity index is 1350. The fourth-order valence-electron chi connectivity index (χ4n) is 3.29. The number of aromatic amines is 1. The van der Waals surface area contributed by atoms with E-state index < -0.39 is 12.1 Å². The summed E-state index contributed by atoms with van der Waals surface area (Å²) >= 11 is 0. The summed E-state index contributed by atoms with van der Waals surface area (Å²) in [7, 11) is 3.23. The van der Waals surface area contributed by atoms with Gasteiger partial charge in [-0.1, -0.05) is 0 Å². The number of alkyl halides is 3. The predicted molar refractivity (Wildman–Crippen MR) is 115 cm³/mol. The van der Waals surface area contributed by atoms with Crippen molar-refractivity contribution in [3.05, 3.63) is 41.6 Å². The van der Waals surface area contributed by atoms with Crippen LogP contribution in [0.2, 0.25) is 0 Å². The van der Waals surface area contributed by atoms with E-state index in [4.69, 9.17) is 24.4 Å². The zero-order chi connectivity index (χ0) is 24.5. The minimum Gasteiger partial charge on any atom is -0.508 e. The number of aromatic nitrogens is 3. The summed E-state index contributed by atoms with van der Waals surface area (Å²) in [6, 6.07) is 9.34. The van der Waals surface area contributed by atoms with Crippen LogP contribution in [0.15, 0.2) is 30.3 Å². The van der Waals surface area contributed by atoms with Crippen molar-refractivity contribution in [2.45, 2.75) is 20.0 Å². The number of aryl methyl sites for hydroxylation is 2. The number of H-pyrrole nitrogens is 1. The molecular weight excluding hydrogens is 443 g/mol. The van der Waals surface area contributed by atoms with Crippen LogP contribution >= 0.6 is 0 Å². The molecule has 0 bridgehead atoms. The number of carbonyl (C=O) groups is 1. The molecule has 0 amide bonds. The number of carboxylic acids is 1. The zero-order valence-electron chi connectivity index (χ0n) is 18.0. The van der Waals surface area contributed by atoms with Gasteiger partial charge in [0.2, 0.25) is 0 Å². The van der Waals surface area contributed by atoms with Crippen LogP contribution < -0.4 is 9.47 Å². The highest BCUT2D eigenvalue weighted by Gasteiger charge is 2.38. The molecule has 174 valence electrons. The lowest BCUT2D eigenvalue weighted by Crippen LogP contribution is -2.21. The topological polar surface area (TPSA) is 118 Å². The lowest BCUT2D eigenvalue weighted by molar-refractivity contribution is -0.192. The number of aromatic hydroxyl groups is 1. The number of hydrogen-bond donors (Lipinski definition) is 3. The highest BCUT2D eigenvalue weighted by atomic mass is 19.4. The fraction of sp³-hybridized carbons (Fsp3) is 0.227. The Morgan fingerprint density at radius 2 is 1.61 bits per heavy atom. The monoisotopic (exact) mass is 463 g/mol. The van der Waals surface area contributed by atoms with E-state index in [-0.39, 0.29) is 5.75 Å². The van der Waals surface area contributed by atoms with Crippen LogP contribution in [0.1, 0.15) is 11.3 Å². The van der Waals surface area contributed by atoms with Gasteiger partial charge in [-0.2, -0.15) is 18.3 Å². The number of hydrogen-bond acceptors (Lipinski definition) is 6. The van der Waals surface area contributed by atoms with Crippen LogP contribution in [0.3, 0.4) is 0 Å². The molecule has 0 aliphatic heterocycles. The lowest BCUT2D eigenvalue weighted by atomic mass is 9.99. The average molecular weight is 463 g/mol. The largest absolute Gasteiger partial charge is 0.508 e. The summed E-state index contributed by atoms with van der Waals surface area (Å²) in [5, 5.41) is 27.2. The van der Waals surface area contributed by atoms with Gasteiger partial charge in [0.15, 0.2) is 17.1 Å². The van der Waals surface area contributed by atoms with Gasteiger partial charge in [-0.15, -0.1) is 0 Å². The third-order valence-corrected chi connectivity index (χ3v) is 4.91. The van der Waals surface area contributed by atoms with Gasteiger partial charge in [-0.3, -0.25) is 5.10 Å². The van der Waals surface area contributed by atoms with E-state index in [1.807, 2.05) is 38.1 Å². The quantitative estimate of drug-likeness (QED) is 0.401. The number of rotatable bonds is 3. The normalized spacial score (nSPS) is 11.2. The van der Waals surface area contributed by atoms with Crippen molar-refractivity contribution in [2.24, 2.45) is 0 Å². The molecule has 0 atom stereocenters. The first-order valence-corrected chi connectivity index (χ1v) is 9.48. The smallest absolute Gasteiger partial charge is 0.490 e. The van der Waals surface area contributed by atoms with Crippen LogP contribution in [0.25, 0.3) is 33.1 Å². The predicted octanol–water partition coefficient (Wildman–Crippen LogP) is 4.75. The Morgan fingerprint density at radius 3 is 2.12 bits per heavy atom. The molecule has 2 aromatic carbocycles. The molecule has 0 unspecified atom stereocenters. The molecule has 3 N–H and O–H groups in total. The molecule has 2 aromatic heterocycles. The first-order chi connectivity index (χ1) is 15.5. The summed E-state index contributed by atoms with van der Waals surface area (Å²) in [5.41, 5.74) is 4.06. The lowest BCUT2D eigenvalue weighted by Gasteiger charge is -2.13. The van der Waals surface area contributed by atoms with Crippen LogP contribution in [0.4, 0.5) is 13.2 Å². The second kappa shape index (κ2) is 8.85. The third-order valence-electron chi connectivity index (χ3n) is 4.91. The number of nitrogens with one attached hydrogen (secondary N) is 1. The van der Waals surface area contributed by atoms with Crippen molar-refractivity contribution in [3.63, 3.8) is 0 Å². The van der Waals surface area contributed by atoms with Gasteiger partial charge in [0.25, 0.3) is 0 Å². The number of benzene rings is 2. The second-order valence-corrected chi connectivity index (χ2v) is 7.06. The van der Waals surface area contributed by atoms with Gasteiger partial charge in [-0.25, -0.2) is 9.78 Å². The molecule has 0 fully saturated rings. The number of phenolic OH excluding ortho intramolecular Hbond substituents is 1. The van der Waals surface area contributed by atoms with Crippen molar-refractivity contribution >= 4 is 27.8 Å². The van der Waals surface area contributed by atoms with Gasteiger partial charge >= 0.3 is 12.1 Å². The molecule has 0 aliphatic rings. The van der Waals surface area contributed by atoms with E-state index in [0.717, 1.165) is 38.7 Å². The SMILES string of the molecule is COc1cc2c(-c3ccc(O)c(C)c3)nc3n[nH]c(C)c3c2cc1OC.O=C(O)C(F)(F)F. The Hall–Kier alpha value is -4.02. The van der Waals surface area contributed by atoms with Crippen molar-refractivity contribution in [1.82, 2.24) is 15.2 Å². The second-order valence-electron chi connectivity index (χ2n) is 7.06. The van der Waals surface area contributed by atoms with Crippen LogP contribution in [-0.4, -0.2) is 51.8 Å². The number of nitrogens with zero attached hydrogens (tertiary/aromatic N) is 2. The molecule has 0 spiro atoms. The molecule has 33 heavy (non-hydrogen) atoms. The molecule has 4 rings (SSSR count). The summed E-state index contributed by atoms with van der Waals surface area (Å²) in [6.07, 6.45) is -5.08. The van der Waals surface area contributed by atoms with Gasteiger partial charge in [0.1, 0.15) is 5.75 Å². The summed E-state index contributed by atoms with van der Waals surface area (Å²) in [5.74, 6) is -1.21. The minimum absolute atomic E-state index is 0.258. The number of ether oxygens (including phenoxy) is 2. The van der Waals surface area contributed by atoms with Gasteiger partial charge in [-0.05, 0) is 49.7 Å². The molecule has 0 aliphatic carbocycles. The maximum absolute atomic E-state index is 10.6. The maximum atomic E-state index is 10.6. The number of halogens is 3. The van der Waals surface area contributed by atoms with E-state index in [0.29, 0.717) is 17.1 Å².